The molecule has 1 saturated heterocycles. The van der Waals surface area contributed by atoms with Gasteiger partial charge in [-0.2, -0.15) is 0 Å². The monoisotopic (exact) mass is 378 g/mol. The lowest BCUT2D eigenvalue weighted by Crippen LogP contribution is -2.52. The van der Waals surface area contributed by atoms with E-state index in [0.29, 0.717) is 12.1 Å². The zero-order valence-corrected chi connectivity index (χ0v) is 16.8. The molecule has 7 nitrogen and oxygen atoms in total. The Hall–Kier alpha value is -2.02. The fraction of sp³-hybridized carbons (Fsp3) is 0.700. The maximum Gasteiger partial charge on any atom is 0.250 e. The van der Waals surface area contributed by atoms with Crippen molar-refractivity contribution in [3.05, 3.63) is 11.1 Å². The predicted octanol–water partition coefficient (Wildman–Crippen LogP) is 1.31. The number of hydrogen-bond donors (Lipinski definition) is 2. The van der Waals surface area contributed by atoms with Crippen molar-refractivity contribution in [3.63, 3.8) is 0 Å². The molecule has 0 aliphatic carbocycles. The number of aldehydes is 1. The molecule has 0 saturated carbocycles. The highest BCUT2D eigenvalue weighted by Crippen LogP contribution is 2.64. The molecule has 2 aliphatic rings. The van der Waals surface area contributed by atoms with E-state index < -0.39 is 23.0 Å². The largest absolute Gasteiger partial charge is 0.364 e. The molecule has 0 aromatic rings. The van der Waals surface area contributed by atoms with E-state index in [4.69, 9.17) is 4.74 Å². The van der Waals surface area contributed by atoms with Gasteiger partial charge in [-0.25, -0.2) is 0 Å². The number of carbonyl (C=O) groups is 4. The number of likely N-dealkylation sites (N-methyl/N-ethyl adjacent to an activating group) is 1. The van der Waals surface area contributed by atoms with Crippen LogP contribution in [0.25, 0.3) is 0 Å². The normalized spacial score (nSPS) is 31.7. The van der Waals surface area contributed by atoms with E-state index in [1.165, 1.54) is 14.0 Å². The number of ketones is 1. The van der Waals surface area contributed by atoms with Crippen LogP contribution < -0.4 is 10.6 Å². The molecule has 0 radical (unpaired) electrons. The number of hydrogen-bond acceptors (Lipinski definition) is 5. The molecule has 7 heteroatoms. The van der Waals surface area contributed by atoms with Crippen LogP contribution in [-0.2, 0) is 23.9 Å². The second kappa shape index (κ2) is 7.92. The van der Waals surface area contributed by atoms with Crippen LogP contribution in [0.4, 0.5) is 0 Å². The molecule has 4 unspecified atom stereocenters. The van der Waals surface area contributed by atoms with Crippen molar-refractivity contribution in [2.24, 2.45) is 10.8 Å². The number of carbonyl (C=O) groups excluding carboxylic acids is 4. The summed E-state index contributed by atoms with van der Waals surface area (Å²) in [6.07, 6.45) is 1.47. The van der Waals surface area contributed by atoms with Crippen molar-refractivity contribution in [1.82, 2.24) is 10.6 Å². The Balaban J connectivity index is 2.56. The number of ether oxygens (including phenoxy) is 1. The van der Waals surface area contributed by atoms with Crippen molar-refractivity contribution in [3.8, 4) is 0 Å². The Bertz CT molecular complexity index is 686. The number of Topliss-reactive ketones (excluding diaryl/α,β-unsaturated/α-hetero) is 1. The number of unbranched alkanes of at least 4 members (excludes halogenated alkanes) is 1. The minimum Gasteiger partial charge on any atom is -0.364 e. The van der Waals surface area contributed by atoms with Gasteiger partial charge in [0.25, 0.3) is 0 Å². The van der Waals surface area contributed by atoms with E-state index in [1.54, 1.807) is 0 Å². The zero-order valence-electron chi connectivity index (χ0n) is 16.8. The Morgan fingerprint density at radius 3 is 2.22 bits per heavy atom. The smallest absolute Gasteiger partial charge is 0.250 e. The summed E-state index contributed by atoms with van der Waals surface area (Å²) in [6, 6.07) is 0. The molecule has 0 aromatic heterocycles. The molecule has 2 N–H and O–H groups in total. The molecule has 2 amide bonds. The van der Waals surface area contributed by atoms with E-state index in [0.717, 1.165) is 19.1 Å². The molecule has 0 aromatic carbocycles. The summed E-state index contributed by atoms with van der Waals surface area (Å²) in [6.45, 7) is 7.76. The van der Waals surface area contributed by atoms with Gasteiger partial charge in [-0.15, -0.1) is 0 Å². The third-order valence-corrected chi connectivity index (χ3v) is 6.20. The highest BCUT2D eigenvalue weighted by atomic mass is 16.5. The maximum absolute atomic E-state index is 12.9. The highest BCUT2D eigenvalue weighted by Gasteiger charge is 2.68. The molecule has 2 bridgehead atoms. The molecule has 1 fully saturated rings. The molecule has 2 rings (SSSR count). The number of amides is 2. The van der Waals surface area contributed by atoms with Crippen molar-refractivity contribution in [2.45, 2.75) is 65.6 Å². The summed E-state index contributed by atoms with van der Waals surface area (Å²) in [4.78, 5) is 48.9. The predicted molar refractivity (Wildman–Crippen MR) is 99.9 cm³/mol. The van der Waals surface area contributed by atoms with Crippen LogP contribution in [0.3, 0.4) is 0 Å². The standard InChI is InChI=1S/C20H30N2O5/c1-6-7-9-22-18(26)14-13(17(25)21-5)15-19(3,8-10-23)20(4,11-12(2)24)16(14)27-15/h10,15-16H,6-9,11H2,1-5H3,(H,21,25)(H,22,26). The van der Waals surface area contributed by atoms with Gasteiger partial charge in [0.15, 0.2) is 0 Å². The van der Waals surface area contributed by atoms with Crippen LogP contribution in [0.15, 0.2) is 11.1 Å². The minimum absolute atomic E-state index is 0.0435. The van der Waals surface area contributed by atoms with Gasteiger partial charge in [0.1, 0.15) is 12.1 Å². The van der Waals surface area contributed by atoms with Crippen LogP contribution in [0.5, 0.6) is 0 Å². The summed E-state index contributed by atoms with van der Waals surface area (Å²) in [7, 11) is 1.50. The van der Waals surface area contributed by atoms with E-state index in [9.17, 15) is 19.2 Å². The first-order chi connectivity index (χ1) is 12.7. The van der Waals surface area contributed by atoms with E-state index >= 15 is 0 Å². The highest BCUT2D eigenvalue weighted by molar-refractivity contribution is 6.07. The Labute approximate surface area is 160 Å². The SMILES string of the molecule is CCCCNC(=O)C1=C(C(=O)NC)C2OC1C(C)(CC(C)=O)C2(C)CC=O. The van der Waals surface area contributed by atoms with Crippen molar-refractivity contribution >= 4 is 23.9 Å². The molecule has 2 aliphatic heterocycles. The first kappa shape index (κ1) is 21.3. The molecule has 150 valence electrons. The zero-order chi connectivity index (χ0) is 20.4. The summed E-state index contributed by atoms with van der Waals surface area (Å²) in [5, 5.41) is 5.44. The van der Waals surface area contributed by atoms with Gasteiger partial charge in [0, 0.05) is 37.3 Å². The molecule has 4 atom stereocenters. The van der Waals surface area contributed by atoms with Crippen LogP contribution in [0.1, 0.15) is 53.4 Å². The lowest BCUT2D eigenvalue weighted by molar-refractivity contribution is -0.125. The van der Waals surface area contributed by atoms with Crippen LogP contribution >= 0.6 is 0 Å². The summed E-state index contributed by atoms with van der Waals surface area (Å²) >= 11 is 0. The van der Waals surface area contributed by atoms with E-state index in [1.807, 2.05) is 20.8 Å². The third kappa shape index (κ3) is 3.33. The third-order valence-electron chi connectivity index (χ3n) is 6.20. The van der Waals surface area contributed by atoms with Gasteiger partial charge in [-0.05, 0) is 13.3 Å². The summed E-state index contributed by atoms with van der Waals surface area (Å²) in [5.41, 5.74) is -0.927. The van der Waals surface area contributed by atoms with Gasteiger partial charge in [-0.3, -0.25) is 9.59 Å². The lowest BCUT2D eigenvalue weighted by Gasteiger charge is -2.46. The van der Waals surface area contributed by atoms with Gasteiger partial charge < -0.3 is 25.0 Å². The average Bonchev–Trinajstić information content (AvgIpc) is 3.09. The summed E-state index contributed by atoms with van der Waals surface area (Å²) < 4.78 is 6.13. The second-order valence-electron chi connectivity index (χ2n) is 8.00. The minimum atomic E-state index is -0.751. The van der Waals surface area contributed by atoms with Crippen LogP contribution in [0, 0.1) is 10.8 Å². The van der Waals surface area contributed by atoms with E-state index in [2.05, 4.69) is 10.6 Å². The average molecular weight is 378 g/mol. The Morgan fingerprint density at radius 2 is 1.70 bits per heavy atom. The molecule has 27 heavy (non-hydrogen) atoms. The maximum atomic E-state index is 12.9. The number of rotatable bonds is 9. The van der Waals surface area contributed by atoms with Gasteiger partial charge in [0.2, 0.25) is 11.8 Å². The molecule has 0 spiro atoms. The quantitative estimate of drug-likeness (QED) is 0.465. The van der Waals surface area contributed by atoms with Gasteiger partial charge >= 0.3 is 0 Å². The first-order valence-corrected chi connectivity index (χ1v) is 9.50. The van der Waals surface area contributed by atoms with Crippen LogP contribution in [0.2, 0.25) is 0 Å². The van der Waals surface area contributed by atoms with Gasteiger partial charge in [0.05, 0.1) is 23.4 Å². The fourth-order valence-electron chi connectivity index (χ4n) is 4.51. The Kier molecular flexibility index (Phi) is 6.24. The van der Waals surface area contributed by atoms with Crippen LogP contribution in [-0.4, -0.2) is 49.7 Å². The molecule has 2 heterocycles. The summed E-state index contributed by atoms with van der Waals surface area (Å²) in [5.74, 6) is -0.763. The molecular formula is C20H30N2O5. The topological polar surface area (TPSA) is 102 Å². The molecular weight excluding hydrogens is 348 g/mol. The fourth-order valence-corrected chi connectivity index (χ4v) is 4.51. The lowest BCUT2D eigenvalue weighted by atomic mass is 9.53. The first-order valence-electron chi connectivity index (χ1n) is 9.50. The Morgan fingerprint density at radius 1 is 1.11 bits per heavy atom. The van der Waals surface area contributed by atoms with Crippen molar-refractivity contribution in [2.75, 3.05) is 13.6 Å². The van der Waals surface area contributed by atoms with Crippen molar-refractivity contribution in [1.29, 1.82) is 0 Å². The number of fused-ring (bicyclic) bond motifs is 2. The van der Waals surface area contributed by atoms with Crippen molar-refractivity contribution < 1.29 is 23.9 Å². The number of nitrogens with one attached hydrogen (secondary N) is 2. The van der Waals surface area contributed by atoms with Gasteiger partial charge in [-0.1, -0.05) is 27.2 Å². The van der Waals surface area contributed by atoms with E-state index in [-0.39, 0.29) is 36.0 Å². The second-order valence-corrected chi connectivity index (χ2v) is 8.00.